The molecule has 0 fully saturated rings. The maximum absolute atomic E-state index is 13.7. The fraction of sp³-hybridized carbons (Fsp3) is 0.231. The number of hydrogen-bond donors (Lipinski definition) is 1. The maximum atomic E-state index is 13.7. The first kappa shape index (κ1) is 27.3. The first-order valence-corrected chi connectivity index (χ1v) is 13.4. The van der Waals surface area contributed by atoms with E-state index in [1.54, 1.807) is 43.3 Å². The molecule has 2 amide bonds. The first-order chi connectivity index (χ1) is 17.0. The van der Waals surface area contributed by atoms with E-state index in [1.807, 2.05) is 6.92 Å². The molecule has 0 radical (unpaired) electrons. The lowest BCUT2D eigenvalue weighted by Gasteiger charge is -2.31. The number of halogens is 2. The molecule has 0 saturated carbocycles. The van der Waals surface area contributed by atoms with Gasteiger partial charge in [0.25, 0.3) is 10.0 Å². The summed E-state index contributed by atoms with van der Waals surface area (Å²) in [6.07, 6.45) is 0. The van der Waals surface area contributed by atoms with Gasteiger partial charge in [-0.15, -0.1) is 0 Å². The molecule has 3 rings (SSSR count). The smallest absolute Gasteiger partial charge is 0.264 e. The van der Waals surface area contributed by atoms with Crippen LogP contribution >= 0.6 is 15.9 Å². The van der Waals surface area contributed by atoms with Crippen LogP contribution in [0.5, 0.6) is 0 Å². The van der Waals surface area contributed by atoms with Crippen LogP contribution in [0, 0.1) is 12.7 Å². The number of benzene rings is 3. The number of amides is 2. The fourth-order valence-electron chi connectivity index (χ4n) is 3.58. The van der Waals surface area contributed by atoms with Crippen LogP contribution in [-0.4, -0.2) is 44.8 Å². The van der Waals surface area contributed by atoms with Gasteiger partial charge in [-0.05, 0) is 61.9 Å². The number of carbonyl (C=O) groups excluding carboxylic acids is 2. The van der Waals surface area contributed by atoms with Crippen LogP contribution in [0.4, 0.5) is 10.1 Å². The van der Waals surface area contributed by atoms with Crippen molar-refractivity contribution >= 4 is 43.5 Å². The zero-order valence-corrected chi connectivity index (χ0v) is 22.5. The molecule has 190 valence electrons. The topological polar surface area (TPSA) is 86.8 Å². The predicted octanol–water partition coefficient (Wildman–Crippen LogP) is 4.26. The SMILES string of the molecule is CNC(=O)[C@@H](C)N(Cc1ccc(F)cc1)C(=O)CN(c1cccc(Br)c1)S(=O)(=O)c1ccc(C)cc1. The third-order valence-corrected chi connectivity index (χ3v) is 7.95. The molecule has 36 heavy (non-hydrogen) atoms. The summed E-state index contributed by atoms with van der Waals surface area (Å²) in [6.45, 7) is 2.84. The Labute approximate surface area is 219 Å². The summed E-state index contributed by atoms with van der Waals surface area (Å²) < 4.78 is 42.5. The summed E-state index contributed by atoms with van der Waals surface area (Å²) in [5.74, 6) is -1.44. The maximum Gasteiger partial charge on any atom is 0.264 e. The van der Waals surface area contributed by atoms with Crippen molar-refractivity contribution in [1.29, 1.82) is 0 Å². The van der Waals surface area contributed by atoms with Crippen molar-refractivity contribution in [1.82, 2.24) is 10.2 Å². The second kappa shape index (κ2) is 11.7. The van der Waals surface area contributed by atoms with Crippen molar-refractivity contribution in [3.05, 3.63) is 94.2 Å². The first-order valence-electron chi connectivity index (χ1n) is 11.1. The van der Waals surface area contributed by atoms with Crippen molar-refractivity contribution in [2.24, 2.45) is 0 Å². The predicted molar refractivity (Wildman–Crippen MR) is 140 cm³/mol. The van der Waals surface area contributed by atoms with E-state index in [1.165, 1.54) is 48.3 Å². The normalized spacial score (nSPS) is 12.0. The number of likely N-dealkylation sites (N-methyl/N-ethyl adjacent to an activating group) is 1. The number of nitrogens with one attached hydrogen (secondary N) is 1. The summed E-state index contributed by atoms with van der Waals surface area (Å²) >= 11 is 3.36. The molecule has 0 aliphatic carbocycles. The molecule has 1 atom stereocenters. The van der Waals surface area contributed by atoms with E-state index in [0.29, 0.717) is 10.0 Å². The van der Waals surface area contributed by atoms with E-state index in [2.05, 4.69) is 21.2 Å². The third kappa shape index (κ3) is 6.50. The van der Waals surface area contributed by atoms with Gasteiger partial charge in [-0.1, -0.05) is 51.8 Å². The lowest BCUT2D eigenvalue weighted by Crippen LogP contribution is -2.50. The van der Waals surface area contributed by atoms with Gasteiger partial charge in [0.15, 0.2) is 0 Å². The number of carbonyl (C=O) groups is 2. The minimum Gasteiger partial charge on any atom is -0.357 e. The average molecular weight is 576 g/mol. The van der Waals surface area contributed by atoms with Gasteiger partial charge in [0.2, 0.25) is 11.8 Å². The fourth-order valence-corrected chi connectivity index (χ4v) is 5.37. The molecule has 0 heterocycles. The van der Waals surface area contributed by atoms with Crippen LogP contribution in [0.1, 0.15) is 18.1 Å². The molecule has 0 aliphatic rings. The Morgan fingerprint density at radius 2 is 1.67 bits per heavy atom. The number of hydrogen-bond acceptors (Lipinski definition) is 4. The summed E-state index contributed by atoms with van der Waals surface area (Å²) in [5, 5.41) is 2.52. The molecule has 0 aromatic heterocycles. The largest absolute Gasteiger partial charge is 0.357 e. The number of nitrogens with zero attached hydrogens (tertiary/aromatic N) is 2. The lowest BCUT2D eigenvalue weighted by atomic mass is 10.1. The van der Waals surface area contributed by atoms with Crippen molar-refractivity contribution in [3.63, 3.8) is 0 Å². The highest BCUT2D eigenvalue weighted by molar-refractivity contribution is 9.10. The number of rotatable bonds is 9. The van der Waals surface area contributed by atoms with Gasteiger partial charge in [0.05, 0.1) is 10.6 Å². The van der Waals surface area contributed by atoms with Gasteiger partial charge in [-0.2, -0.15) is 0 Å². The van der Waals surface area contributed by atoms with Crippen molar-refractivity contribution < 1.29 is 22.4 Å². The molecule has 1 N–H and O–H groups in total. The summed E-state index contributed by atoms with van der Waals surface area (Å²) in [7, 11) is -2.68. The number of anilines is 1. The van der Waals surface area contributed by atoms with Crippen LogP contribution in [0.25, 0.3) is 0 Å². The molecule has 0 spiro atoms. The zero-order chi connectivity index (χ0) is 26.5. The van der Waals surface area contributed by atoms with Crippen LogP contribution in [0.3, 0.4) is 0 Å². The summed E-state index contributed by atoms with van der Waals surface area (Å²) in [4.78, 5) is 27.4. The van der Waals surface area contributed by atoms with E-state index < -0.39 is 40.2 Å². The van der Waals surface area contributed by atoms with Gasteiger partial charge in [-0.3, -0.25) is 13.9 Å². The summed E-state index contributed by atoms with van der Waals surface area (Å²) in [5.41, 5.74) is 1.77. The second-order valence-corrected chi connectivity index (χ2v) is 11.0. The molecule has 0 saturated heterocycles. The Morgan fingerprint density at radius 1 is 1.03 bits per heavy atom. The van der Waals surface area contributed by atoms with Crippen molar-refractivity contribution in [2.75, 3.05) is 17.9 Å². The highest BCUT2D eigenvalue weighted by Crippen LogP contribution is 2.27. The Balaban J connectivity index is 2.02. The molecular weight excluding hydrogens is 549 g/mol. The van der Waals surface area contributed by atoms with Crippen molar-refractivity contribution in [2.45, 2.75) is 31.3 Å². The molecule has 0 aliphatic heterocycles. The Hall–Kier alpha value is -3.24. The van der Waals surface area contributed by atoms with E-state index in [0.717, 1.165) is 9.87 Å². The Bertz CT molecular complexity index is 1330. The molecular formula is C26H27BrFN3O4S. The van der Waals surface area contributed by atoms with Gasteiger partial charge in [0, 0.05) is 18.1 Å². The minimum absolute atomic E-state index is 0.00932. The Kier molecular flexibility index (Phi) is 8.86. The Morgan fingerprint density at radius 3 is 2.25 bits per heavy atom. The van der Waals surface area contributed by atoms with Gasteiger partial charge >= 0.3 is 0 Å². The zero-order valence-electron chi connectivity index (χ0n) is 20.1. The molecule has 0 unspecified atom stereocenters. The average Bonchev–Trinajstić information content (AvgIpc) is 2.86. The van der Waals surface area contributed by atoms with Crippen LogP contribution in [-0.2, 0) is 26.2 Å². The third-order valence-electron chi connectivity index (χ3n) is 5.66. The molecule has 7 nitrogen and oxygen atoms in total. The lowest BCUT2D eigenvalue weighted by molar-refractivity contribution is -0.139. The van der Waals surface area contributed by atoms with Crippen LogP contribution < -0.4 is 9.62 Å². The van der Waals surface area contributed by atoms with E-state index in [4.69, 9.17) is 0 Å². The van der Waals surface area contributed by atoms with E-state index in [9.17, 15) is 22.4 Å². The van der Waals surface area contributed by atoms with Gasteiger partial charge in [-0.25, -0.2) is 12.8 Å². The highest BCUT2D eigenvalue weighted by atomic mass is 79.9. The molecule has 10 heteroatoms. The van der Waals surface area contributed by atoms with E-state index in [-0.39, 0.29) is 17.1 Å². The summed E-state index contributed by atoms with van der Waals surface area (Å²) in [6, 6.07) is 17.6. The number of aryl methyl sites for hydroxylation is 1. The standard InChI is InChI=1S/C26H27BrFN3O4S/c1-18-7-13-24(14-8-18)36(34,35)31(23-6-4-5-21(27)15-23)17-25(32)30(19(2)26(33)29-3)16-20-9-11-22(28)12-10-20/h4-15,19H,16-17H2,1-3H3,(H,29,33)/t19-/m1/s1. The van der Waals surface area contributed by atoms with Gasteiger partial charge in [0.1, 0.15) is 18.4 Å². The van der Waals surface area contributed by atoms with Crippen LogP contribution in [0.15, 0.2) is 82.2 Å². The van der Waals surface area contributed by atoms with Crippen molar-refractivity contribution in [3.8, 4) is 0 Å². The second-order valence-electron chi connectivity index (χ2n) is 8.24. The van der Waals surface area contributed by atoms with Crippen LogP contribution in [0.2, 0.25) is 0 Å². The highest BCUT2D eigenvalue weighted by Gasteiger charge is 2.32. The van der Waals surface area contributed by atoms with Gasteiger partial charge < -0.3 is 10.2 Å². The molecule has 3 aromatic rings. The quantitative estimate of drug-likeness (QED) is 0.413. The monoisotopic (exact) mass is 575 g/mol. The number of sulfonamides is 1. The molecule has 3 aromatic carbocycles. The minimum atomic E-state index is -4.13. The van der Waals surface area contributed by atoms with E-state index >= 15 is 0 Å². The molecule has 0 bridgehead atoms.